The number of benzene rings is 1. The number of rotatable bonds is 3. The molecule has 0 atom stereocenters. The molecule has 0 aliphatic rings. The van der Waals surface area contributed by atoms with Gasteiger partial charge in [0.15, 0.2) is 0 Å². The van der Waals surface area contributed by atoms with E-state index in [1.165, 1.54) is 0 Å². The van der Waals surface area contributed by atoms with Gasteiger partial charge in [-0.05, 0) is 46.6 Å². The molecule has 2 aromatic rings. The van der Waals surface area contributed by atoms with Crippen molar-refractivity contribution in [1.29, 1.82) is 0 Å². The fourth-order valence-electron chi connectivity index (χ4n) is 1.50. The number of anilines is 3. The van der Waals surface area contributed by atoms with Gasteiger partial charge in [-0.3, -0.25) is 0 Å². The van der Waals surface area contributed by atoms with E-state index < -0.39 is 0 Å². The highest BCUT2D eigenvalue weighted by Crippen LogP contribution is 2.27. The van der Waals surface area contributed by atoms with Gasteiger partial charge in [0, 0.05) is 11.9 Å². The van der Waals surface area contributed by atoms with Gasteiger partial charge in [-0.1, -0.05) is 0 Å². The minimum atomic E-state index is 0.229. The number of halogens is 1. The van der Waals surface area contributed by atoms with Crippen molar-refractivity contribution in [3.63, 3.8) is 0 Å². The Balaban J connectivity index is 2.31. The van der Waals surface area contributed by atoms with E-state index in [0.717, 1.165) is 21.5 Å². The zero-order valence-corrected chi connectivity index (χ0v) is 11.7. The summed E-state index contributed by atoms with van der Waals surface area (Å²) in [7, 11) is 1.64. The topological polar surface area (TPSA) is 73.1 Å². The number of nitrogens with one attached hydrogen (secondary N) is 1. The molecular weight excluding hydrogens is 296 g/mol. The van der Waals surface area contributed by atoms with Crippen LogP contribution >= 0.6 is 15.9 Å². The van der Waals surface area contributed by atoms with Crippen molar-refractivity contribution in [2.24, 2.45) is 0 Å². The van der Waals surface area contributed by atoms with Crippen LogP contribution in [0.5, 0.6) is 5.75 Å². The molecule has 1 aromatic carbocycles. The van der Waals surface area contributed by atoms with E-state index in [1.807, 2.05) is 25.1 Å². The van der Waals surface area contributed by atoms with Crippen molar-refractivity contribution >= 4 is 33.4 Å². The van der Waals surface area contributed by atoms with Gasteiger partial charge in [0.1, 0.15) is 11.6 Å². The average Bonchev–Trinajstić information content (AvgIpc) is 2.36. The van der Waals surface area contributed by atoms with Crippen LogP contribution in [0.3, 0.4) is 0 Å². The van der Waals surface area contributed by atoms with E-state index in [4.69, 9.17) is 10.5 Å². The molecule has 0 amide bonds. The van der Waals surface area contributed by atoms with Gasteiger partial charge in [-0.25, -0.2) is 4.98 Å². The second-order valence-corrected chi connectivity index (χ2v) is 4.58. The van der Waals surface area contributed by atoms with E-state index in [2.05, 4.69) is 31.2 Å². The van der Waals surface area contributed by atoms with Crippen LogP contribution in [-0.4, -0.2) is 17.1 Å². The number of aryl methyl sites for hydroxylation is 1. The van der Waals surface area contributed by atoms with Gasteiger partial charge in [0.05, 0.1) is 11.6 Å². The molecule has 0 aliphatic heterocycles. The second kappa shape index (κ2) is 5.22. The Bertz CT molecular complexity index is 574. The minimum Gasteiger partial charge on any atom is -0.497 e. The van der Waals surface area contributed by atoms with E-state index in [9.17, 15) is 0 Å². The van der Waals surface area contributed by atoms with Crippen molar-refractivity contribution in [2.45, 2.75) is 6.92 Å². The van der Waals surface area contributed by atoms with Crippen molar-refractivity contribution < 1.29 is 4.74 Å². The zero-order valence-electron chi connectivity index (χ0n) is 10.1. The summed E-state index contributed by atoms with van der Waals surface area (Å²) in [5.74, 6) is 1.68. The number of aromatic nitrogens is 2. The Morgan fingerprint density at radius 1 is 1.39 bits per heavy atom. The molecule has 94 valence electrons. The highest BCUT2D eigenvalue weighted by molar-refractivity contribution is 9.10. The maximum absolute atomic E-state index is 5.56. The number of nitrogens with zero attached hydrogens (tertiary/aromatic N) is 2. The molecule has 0 saturated heterocycles. The Labute approximate surface area is 114 Å². The van der Waals surface area contributed by atoms with Crippen LogP contribution in [0.4, 0.5) is 17.5 Å². The number of nitrogen functional groups attached to an aromatic ring is 1. The number of nitrogens with two attached hydrogens (primary N) is 1. The van der Waals surface area contributed by atoms with Crippen LogP contribution in [0.15, 0.2) is 28.9 Å². The highest BCUT2D eigenvalue weighted by atomic mass is 79.9. The van der Waals surface area contributed by atoms with Crippen LogP contribution in [0, 0.1) is 6.92 Å². The Hall–Kier alpha value is -1.82. The van der Waals surface area contributed by atoms with E-state index >= 15 is 0 Å². The third kappa shape index (κ3) is 2.70. The maximum Gasteiger partial charge on any atom is 0.222 e. The molecule has 2 rings (SSSR count). The van der Waals surface area contributed by atoms with Gasteiger partial charge in [0.2, 0.25) is 5.95 Å². The first kappa shape index (κ1) is 12.6. The van der Waals surface area contributed by atoms with Crippen LogP contribution in [0.25, 0.3) is 0 Å². The summed E-state index contributed by atoms with van der Waals surface area (Å²) in [6.07, 6.45) is 1.61. The number of hydrogen-bond acceptors (Lipinski definition) is 5. The largest absolute Gasteiger partial charge is 0.497 e. The van der Waals surface area contributed by atoms with Crippen molar-refractivity contribution in [3.8, 4) is 5.75 Å². The summed E-state index contributed by atoms with van der Waals surface area (Å²) >= 11 is 3.37. The quantitative estimate of drug-likeness (QED) is 0.912. The van der Waals surface area contributed by atoms with Crippen LogP contribution in [0.1, 0.15) is 5.56 Å². The van der Waals surface area contributed by atoms with Crippen molar-refractivity contribution in [2.75, 3.05) is 18.2 Å². The molecule has 18 heavy (non-hydrogen) atoms. The number of methoxy groups -OCH3 is 1. The molecule has 3 N–H and O–H groups in total. The maximum atomic E-state index is 5.56. The average molecular weight is 309 g/mol. The molecule has 5 nitrogen and oxygen atoms in total. The summed E-state index contributed by atoms with van der Waals surface area (Å²) in [5.41, 5.74) is 7.56. The summed E-state index contributed by atoms with van der Waals surface area (Å²) in [5, 5.41) is 3.20. The van der Waals surface area contributed by atoms with E-state index in [-0.39, 0.29) is 5.95 Å². The monoisotopic (exact) mass is 308 g/mol. The summed E-state index contributed by atoms with van der Waals surface area (Å²) < 4.78 is 5.92. The van der Waals surface area contributed by atoms with Gasteiger partial charge in [0.25, 0.3) is 0 Å². The molecule has 0 aliphatic carbocycles. The molecule has 1 aromatic heterocycles. The molecule has 0 saturated carbocycles. The second-order valence-electron chi connectivity index (χ2n) is 3.73. The lowest BCUT2D eigenvalue weighted by Gasteiger charge is -2.11. The highest BCUT2D eigenvalue weighted by Gasteiger charge is 2.06. The van der Waals surface area contributed by atoms with Crippen LogP contribution < -0.4 is 15.8 Å². The predicted octanol–water partition coefficient (Wildman–Crippen LogP) is 2.88. The minimum absolute atomic E-state index is 0.229. The molecule has 0 bridgehead atoms. The first-order valence-corrected chi connectivity index (χ1v) is 6.09. The van der Waals surface area contributed by atoms with Crippen molar-refractivity contribution in [1.82, 2.24) is 9.97 Å². The number of hydrogen-bond donors (Lipinski definition) is 2. The third-order valence-electron chi connectivity index (χ3n) is 2.45. The molecular formula is C12H13BrN4O. The normalized spacial score (nSPS) is 10.2. The lowest BCUT2D eigenvalue weighted by Crippen LogP contribution is -2.01. The first-order valence-electron chi connectivity index (χ1n) is 5.30. The van der Waals surface area contributed by atoms with Gasteiger partial charge < -0.3 is 15.8 Å². The first-order chi connectivity index (χ1) is 8.60. The van der Waals surface area contributed by atoms with Gasteiger partial charge >= 0.3 is 0 Å². The molecule has 0 unspecified atom stereocenters. The lowest BCUT2D eigenvalue weighted by molar-refractivity contribution is 0.414. The smallest absolute Gasteiger partial charge is 0.222 e. The lowest BCUT2D eigenvalue weighted by atomic mass is 10.2. The van der Waals surface area contributed by atoms with Crippen LogP contribution in [0.2, 0.25) is 0 Å². The fourth-order valence-corrected chi connectivity index (χ4v) is 1.79. The third-order valence-corrected chi connectivity index (χ3v) is 3.03. The van der Waals surface area contributed by atoms with Crippen LogP contribution in [-0.2, 0) is 0 Å². The Kier molecular flexibility index (Phi) is 3.66. The molecule has 1 heterocycles. The predicted molar refractivity (Wildman–Crippen MR) is 75.2 cm³/mol. The standard InChI is InChI=1S/C12H13BrN4O/c1-7-5-8(18-2)3-4-10(7)16-11-9(13)6-15-12(14)17-11/h3-6H,1-2H3,(H3,14,15,16,17). The van der Waals surface area contributed by atoms with E-state index in [1.54, 1.807) is 13.3 Å². The molecule has 0 fully saturated rings. The SMILES string of the molecule is COc1ccc(Nc2nc(N)ncc2Br)c(C)c1. The fraction of sp³-hybridized carbons (Fsp3) is 0.167. The Morgan fingerprint density at radius 2 is 2.17 bits per heavy atom. The summed E-state index contributed by atoms with van der Waals surface area (Å²) in [6.45, 7) is 1.99. The summed E-state index contributed by atoms with van der Waals surface area (Å²) in [6, 6.07) is 5.76. The molecule has 0 spiro atoms. The Morgan fingerprint density at radius 3 is 2.83 bits per heavy atom. The summed E-state index contributed by atoms with van der Waals surface area (Å²) in [4.78, 5) is 8.02. The molecule has 0 radical (unpaired) electrons. The van der Waals surface area contributed by atoms with Gasteiger partial charge in [-0.15, -0.1) is 0 Å². The van der Waals surface area contributed by atoms with Gasteiger partial charge in [-0.2, -0.15) is 4.98 Å². The van der Waals surface area contributed by atoms with Crippen molar-refractivity contribution in [3.05, 3.63) is 34.4 Å². The number of ether oxygens (including phenoxy) is 1. The van der Waals surface area contributed by atoms with E-state index in [0.29, 0.717) is 5.82 Å². The zero-order chi connectivity index (χ0) is 13.1. The molecule has 6 heteroatoms.